The number of halogens is 2. The van der Waals surface area contributed by atoms with Crippen LogP contribution in [0.5, 0.6) is 6.01 Å². The first-order valence-electron chi connectivity index (χ1n) is 14.1. The van der Waals surface area contributed by atoms with Crippen molar-refractivity contribution in [1.82, 2.24) is 24.7 Å². The molecule has 9 nitrogen and oxygen atoms in total. The van der Waals surface area contributed by atoms with Gasteiger partial charge in [0.05, 0.1) is 30.1 Å². The number of carboxylic acids is 1. The van der Waals surface area contributed by atoms with Crippen LogP contribution in [0.2, 0.25) is 0 Å². The van der Waals surface area contributed by atoms with E-state index in [2.05, 4.69) is 26.1 Å². The van der Waals surface area contributed by atoms with Gasteiger partial charge in [0, 0.05) is 18.1 Å². The number of benzene rings is 3. The molecule has 1 aliphatic carbocycles. The number of nitrogens with zero attached hydrogens (tertiary/aromatic N) is 5. The number of fused-ring (bicyclic) bond motifs is 1. The summed E-state index contributed by atoms with van der Waals surface area (Å²) in [4.78, 5) is 22.4. The fourth-order valence-electron chi connectivity index (χ4n) is 5.58. The third kappa shape index (κ3) is 6.09. The first-order valence-corrected chi connectivity index (χ1v) is 14.1. The van der Waals surface area contributed by atoms with Crippen LogP contribution in [0, 0.1) is 28.9 Å². The molecule has 5 aromatic rings. The second-order valence-electron chi connectivity index (χ2n) is 10.7. The molecule has 2 aromatic heterocycles. The molecule has 0 spiro atoms. The van der Waals surface area contributed by atoms with E-state index in [9.17, 15) is 4.79 Å². The molecular formula is C32H28F2N6O3. The van der Waals surface area contributed by atoms with Gasteiger partial charge in [-0.3, -0.25) is 9.48 Å². The highest BCUT2D eigenvalue weighted by Gasteiger charge is 2.26. The van der Waals surface area contributed by atoms with E-state index in [1.165, 1.54) is 6.07 Å². The minimum absolute atomic E-state index is 0.00527. The van der Waals surface area contributed by atoms with Crippen LogP contribution >= 0.6 is 0 Å². The van der Waals surface area contributed by atoms with E-state index in [4.69, 9.17) is 15.1 Å². The Morgan fingerprint density at radius 2 is 1.67 bits per heavy atom. The number of aromatic amines is 1. The maximum Gasteiger partial charge on any atom is 0.303 e. The maximum atomic E-state index is 15.6. The number of H-pyrrole nitrogens is 1. The summed E-state index contributed by atoms with van der Waals surface area (Å²) >= 11 is 0. The molecule has 218 valence electrons. The monoisotopic (exact) mass is 582 g/mol. The lowest BCUT2D eigenvalue weighted by molar-refractivity contribution is -0.138. The minimum atomic E-state index is -0.800. The Bertz CT molecular complexity index is 1800. The fourth-order valence-corrected chi connectivity index (χ4v) is 5.58. The minimum Gasteiger partial charge on any atom is -0.481 e. The molecule has 3 aromatic carbocycles. The highest BCUT2D eigenvalue weighted by atomic mass is 19.1. The van der Waals surface area contributed by atoms with Gasteiger partial charge in [0.1, 0.15) is 23.8 Å². The van der Waals surface area contributed by atoms with Gasteiger partial charge in [-0.1, -0.05) is 48.5 Å². The lowest BCUT2D eigenvalue weighted by Crippen LogP contribution is -2.25. The average molecular weight is 583 g/mol. The number of nitrogens with one attached hydrogen (secondary N) is 1. The van der Waals surface area contributed by atoms with E-state index in [1.54, 1.807) is 23.1 Å². The number of ether oxygens (including phenoxy) is 1. The molecule has 0 atom stereocenters. The number of aromatic nitrogens is 5. The fraction of sp³-hybridized carbons (Fsp3) is 0.281. The summed E-state index contributed by atoms with van der Waals surface area (Å²) in [5, 5.41) is 22.2. The second-order valence-corrected chi connectivity index (χ2v) is 10.7. The SMILES string of the molecule is N#CCCn1cnc(-c2ccc(-c3ccc(-c4c(F)cc5[nH]c(OC6CCC(CC(=O)O)CC6)nc5c4F)cc3)cc2)n1. The van der Waals surface area contributed by atoms with E-state index in [1.807, 2.05) is 36.4 Å². The lowest BCUT2D eigenvalue weighted by atomic mass is 9.85. The van der Waals surface area contributed by atoms with Crippen molar-refractivity contribution in [2.24, 2.45) is 5.92 Å². The molecule has 11 heteroatoms. The molecule has 43 heavy (non-hydrogen) atoms. The van der Waals surface area contributed by atoms with Gasteiger partial charge in [0.25, 0.3) is 6.01 Å². The Morgan fingerprint density at radius 3 is 2.33 bits per heavy atom. The molecule has 2 N–H and O–H groups in total. The van der Waals surface area contributed by atoms with E-state index in [-0.39, 0.29) is 41.1 Å². The zero-order chi connectivity index (χ0) is 29.9. The van der Waals surface area contributed by atoms with Gasteiger partial charge in [-0.25, -0.2) is 13.8 Å². The molecule has 0 amide bonds. The summed E-state index contributed by atoms with van der Waals surface area (Å²) in [6.45, 7) is 0.482. The number of aryl methyl sites for hydroxylation is 1. The number of hydrogen-bond donors (Lipinski definition) is 2. The van der Waals surface area contributed by atoms with Gasteiger partial charge < -0.3 is 14.8 Å². The van der Waals surface area contributed by atoms with Crippen molar-refractivity contribution < 1.29 is 23.4 Å². The van der Waals surface area contributed by atoms with Crippen molar-refractivity contribution >= 4 is 17.0 Å². The molecule has 0 bridgehead atoms. The zero-order valence-electron chi connectivity index (χ0n) is 23.1. The standard InChI is InChI=1S/C32H28F2N6O3/c33-25-17-26-30(38-32(37-26)43-24-12-2-19(3-13-24)16-27(41)42)29(34)28(25)22-8-4-20(5-9-22)21-6-10-23(11-7-21)31-36-18-40(39-31)15-1-14-35/h4-11,17-19,24H,1-3,12-13,15-16H2,(H,37,38)(H,41,42). The van der Waals surface area contributed by atoms with Crippen LogP contribution in [0.1, 0.15) is 38.5 Å². The average Bonchev–Trinajstić information content (AvgIpc) is 3.64. The zero-order valence-corrected chi connectivity index (χ0v) is 23.1. The van der Waals surface area contributed by atoms with Crippen molar-refractivity contribution in [3.63, 3.8) is 0 Å². The van der Waals surface area contributed by atoms with E-state index in [0.29, 0.717) is 37.2 Å². The maximum absolute atomic E-state index is 15.6. The Labute approximate surface area is 245 Å². The molecule has 1 saturated carbocycles. The van der Waals surface area contributed by atoms with E-state index < -0.39 is 17.6 Å². The molecule has 1 aliphatic rings. The number of aliphatic carboxylic acids is 1. The van der Waals surface area contributed by atoms with Crippen molar-refractivity contribution in [2.45, 2.75) is 51.2 Å². The summed E-state index contributed by atoms with van der Waals surface area (Å²) in [7, 11) is 0. The lowest BCUT2D eigenvalue weighted by Gasteiger charge is -2.27. The molecule has 6 rings (SSSR count). The number of imidazole rings is 1. The van der Waals surface area contributed by atoms with Crippen molar-refractivity contribution in [1.29, 1.82) is 5.26 Å². The summed E-state index contributed by atoms with van der Waals surface area (Å²) in [5.41, 5.74) is 3.04. The number of carbonyl (C=O) groups is 1. The first-order chi connectivity index (χ1) is 20.9. The largest absolute Gasteiger partial charge is 0.481 e. The summed E-state index contributed by atoms with van der Waals surface area (Å²) in [6.07, 6.45) is 4.76. The van der Waals surface area contributed by atoms with E-state index in [0.717, 1.165) is 29.5 Å². The predicted octanol–water partition coefficient (Wildman–Crippen LogP) is 6.76. The second kappa shape index (κ2) is 12.0. The third-order valence-corrected chi connectivity index (χ3v) is 7.82. The van der Waals surface area contributed by atoms with Crippen molar-refractivity contribution in [3.05, 3.63) is 72.6 Å². The topological polar surface area (TPSA) is 130 Å². The first kappa shape index (κ1) is 28.0. The summed E-state index contributed by atoms with van der Waals surface area (Å²) in [5.74, 6) is -1.59. The molecular weight excluding hydrogens is 554 g/mol. The molecule has 0 aliphatic heterocycles. The molecule has 0 unspecified atom stereocenters. The molecule has 2 heterocycles. The smallest absolute Gasteiger partial charge is 0.303 e. The van der Waals surface area contributed by atoms with Crippen LogP contribution in [-0.2, 0) is 11.3 Å². The number of carboxylic acid groups (broad SMARTS) is 1. The van der Waals surface area contributed by atoms with Crippen molar-refractivity contribution in [3.8, 4) is 45.7 Å². The van der Waals surface area contributed by atoms with Crippen LogP contribution in [0.3, 0.4) is 0 Å². The predicted molar refractivity (Wildman–Crippen MR) is 155 cm³/mol. The number of rotatable bonds is 9. The van der Waals surface area contributed by atoms with Gasteiger partial charge in [0.15, 0.2) is 11.6 Å². The van der Waals surface area contributed by atoms with Crippen LogP contribution in [0.15, 0.2) is 60.9 Å². The van der Waals surface area contributed by atoms with Crippen molar-refractivity contribution in [2.75, 3.05) is 0 Å². The highest BCUT2D eigenvalue weighted by molar-refractivity contribution is 5.84. The van der Waals surface area contributed by atoms with Crippen LogP contribution in [-0.4, -0.2) is 41.9 Å². The highest BCUT2D eigenvalue weighted by Crippen LogP contribution is 2.35. The molecule has 0 saturated heterocycles. The normalized spacial score (nSPS) is 16.7. The Balaban J connectivity index is 1.16. The van der Waals surface area contributed by atoms with Gasteiger partial charge in [0.2, 0.25) is 0 Å². The van der Waals surface area contributed by atoms with Crippen LogP contribution in [0.4, 0.5) is 8.78 Å². The number of hydrogen-bond acceptors (Lipinski definition) is 6. The third-order valence-electron chi connectivity index (χ3n) is 7.82. The van der Waals surface area contributed by atoms with E-state index >= 15 is 8.78 Å². The van der Waals surface area contributed by atoms with Crippen LogP contribution in [0.25, 0.3) is 44.7 Å². The van der Waals surface area contributed by atoms with Gasteiger partial charge >= 0.3 is 5.97 Å². The molecule has 0 radical (unpaired) electrons. The van der Waals surface area contributed by atoms with Gasteiger partial charge in [-0.2, -0.15) is 15.3 Å². The molecule has 1 fully saturated rings. The van der Waals surface area contributed by atoms with Gasteiger partial charge in [-0.05, 0) is 48.3 Å². The Morgan fingerprint density at radius 1 is 1.02 bits per heavy atom. The Kier molecular flexibility index (Phi) is 7.83. The van der Waals surface area contributed by atoms with Crippen LogP contribution < -0.4 is 4.74 Å². The number of nitriles is 1. The quantitative estimate of drug-likeness (QED) is 0.196. The van der Waals surface area contributed by atoms with Gasteiger partial charge in [-0.15, -0.1) is 0 Å². The Hall–Kier alpha value is -5.11. The summed E-state index contributed by atoms with van der Waals surface area (Å²) in [6, 6.07) is 18.1. The summed E-state index contributed by atoms with van der Waals surface area (Å²) < 4.78 is 38.4.